The molecule has 3 rings (SSSR count). The van der Waals surface area contributed by atoms with Crippen molar-refractivity contribution in [2.75, 3.05) is 6.61 Å². The molecule has 3 aromatic rings. The summed E-state index contributed by atoms with van der Waals surface area (Å²) in [6.45, 7) is -0.763. The molecular formula is C28H29N3O7. The number of hydrogen-bond acceptors (Lipinski definition) is 7. The first-order chi connectivity index (χ1) is 18.4. The lowest BCUT2D eigenvalue weighted by Gasteiger charge is -2.22. The molecule has 0 aliphatic heterocycles. The van der Waals surface area contributed by atoms with Crippen molar-refractivity contribution >= 4 is 23.5 Å². The number of aryl methyl sites for hydroxylation is 1. The highest BCUT2D eigenvalue weighted by atomic mass is 16.6. The molecule has 0 aromatic heterocycles. The fraction of sp³-hybridized carbons (Fsp3) is 0.250. The quantitative estimate of drug-likeness (QED) is 0.232. The van der Waals surface area contributed by atoms with Crippen molar-refractivity contribution in [1.29, 1.82) is 0 Å². The lowest BCUT2D eigenvalue weighted by Crippen LogP contribution is -2.53. The summed E-state index contributed by atoms with van der Waals surface area (Å²) in [6, 6.07) is 21.8. The van der Waals surface area contributed by atoms with Gasteiger partial charge in [-0.3, -0.25) is 19.7 Å². The topological polar surface area (TPSA) is 148 Å². The molecule has 0 saturated carbocycles. The molecule has 0 spiro atoms. The largest absolute Gasteiger partial charge is 0.445 e. The van der Waals surface area contributed by atoms with Crippen LogP contribution in [0.1, 0.15) is 23.1 Å². The Morgan fingerprint density at radius 2 is 1.42 bits per heavy atom. The van der Waals surface area contributed by atoms with Crippen LogP contribution in [0.2, 0.25) is 0 Å². The number of alkyl carbamates (subject to hydrolysis) is 1. The molecule has 38 heavy (non-hydrogen) atoms. The number of non-ortho nitro benzene ring substituents is 1. The van der Waals surface area contributed by atoms with Gasteiger partial charge in [-0.25, -0.2) is 4.79 Å². The van der Waals surface area contributed by atoms with Gasteiger partial charge in [0.15, 0.2) is 5.78 Å². The number of ether oxygens (including phenoxy) is 1. The predicted molar refractivity (Wildman–Crippen MR) is 139 cm³/mol. The number of amides is 2. The maximum absolute atomic E-state index is 13.3. The summed E-state index contributed by atoms with van der Waals surface area (Å²) in [5, 5.41) is 25.6. The van der Waals surface area contributed by atoms with Crippen molar-refractivity contribution in [3.05, 3.63) is 112 Å². The maximum atomic E-state index is 13.3. The Morgan fingerprint density at radius 1 is 0.816 bits per heavy atom. The van der Waals surface area contributed by atoms with Crippen LogP contribution in [0.3, 0.4) is 0 Å². The van der Waals surface area contributed by atoms with Crippen LogP contribution in [0.25, 0.3) is 0 Å². The first-order valence-electron chi connectivity index (χ1n) is 12.0. The molecule has 2 amide bonds. The number of nitrogens with zero attached hydrogens (tertiary/aromatic N) is 1. The highest BCUT2D eigenvalue weighted by molar-refractivity contribution is 5.92. The van der Waals surface area contributed by atoms with E-state index in [1.807, 2.05) is 36.4 Å². The Labute approximate surface area is 219 Å². The van der Waals surface area contributed by atoms with Gasteiger partial charge < -0.3 is 20.5 Å². The second kappa shape index (κ2) is 14.2. The van der Waals surface area contributed by atoms with Crippen molar-refractivity contribution in [2.24, 2.45) is 0 Å². The van der Waals surface area contributed by atoms with E-state index < -0.39 is 41.4 Å². The van der Waals surface area contributed by atoms with E-state index in [0.717, 1.165) is 11.1 Å². The lowest BCUT2D eigenvalue weighted by atomic mass is 10.0. The molecule has 2 unspecified atom stereocenters. The van der Waals surface area contributed by atoms with Crippen LogP contribution in [-0.2, 0) is 33.8 Å². The van der Waals surface area contributed by atoms with Gasteiger partial charge in [-0.15, -0.1) is 0 Å². The molecule has 0 aliphatic carbocycles. The number of hydrogen-bond donors (Lipinski definition) is 3. The molecule has 10 heteroatoms. The van der Waals surface area contributed by atoms with E-state index in [1.54, 1.807) is 24.3 Å². The standard InChI is InChI=1S/C28H29N3O7/c32-18-26(33)24(16-13-20-7-3-1-4-8-20)29-27(34)25(17-21-11-14-23(15-12-21)31(36)37)30-28(35)38-19-22-9-5-2-6-10-22/h1-12,14-15,24-25,32H,13,16-19H2,(H,29,34)(H,30,35). The van der Waals surface area contributed by atoms with Gasteiger partial charge in [0.05, 0.1) is 11.0 Å². The summed E-state index contributed by atoms with van der Waals surface area (Å²) >= 11 is 0. The van der Waals surface area contributed by atoms with Crippen molar-refractivity contribution in [3.8, 4) is 0 Å². The third kappa shape index (κ3) is 8.82. The van der Waals surface area contributed by atoms with Crippen LogP contribution in [0.15, 0.2) is 84.9 Å². The van der Waals surface area contributed by atoms with Crippen LogP contribution in [-0.4, -0.2) is 46.5 Å². The van der Waals surface area contributed by atoms with Crippen molar-refractivity contribution in [1.82, 2.24) is 10.6 Å². The average molecular weight is 520 g/mol. The summed E-state index contributed by atoms with van der Waals surface area (Å²) in [4.78, 5) is 48.6. The summed E-state index contributed by atoms with van der Waals surface area (Å²) in [6.07, 6.45) is -0.122. The Kier molecular flexibility index (Phi) is 10.5. The second-order valence-corrected chi connectivity index (χ2v) is 8.60. The number of nitro groups is 1. The minimum absolute atomic E-state index is 0.0109. The Morgan fingerprint density at radius 3 is 2.00 bits per heavy atom. The van der Waals surface area contributed by atoms with Crippen LogP contribution >= 0.6 is 0 Å². The molecular weight excluding hydrogens is 490 g/mol. The third-order valence-corrected chi connectivity index (χ3v) is 5.83. The summed E-state index contributed by atoms with van der Waals surface area (Å²) in [7, 11) is 0. The summed E-state index contributed by atoms with van der Waals surface area (Å²) in [5.41, 5.74) is 2.16. The van der Waals surface area contributed by atoms with E-state index in [-0.39, 0.29) is 25.1 Å². The lowest BCUT2D eigenvalue weighted by molar-refractivity contribution is -0.384. The van der Waals surface area contributed by atoms with Gasteiger partial charge in [-0.1, -0.05) is 72.8 Å². The van der Waals surface area contributed by atoms with Crippen LogP contribution in [0.5, 0.6) is 0 Å². The van der Waals surface area contributed by atoms with Crippen molar-refractivity contribution in [2.45, 2.75) is 38.0 Å². The van der Waals surface area contributed by atoms with Gasteiger partial charge in [0.25, 0.3) is 5.69 Å². The zero-order valence-electron chi connectivity index (χ0n) is 20.6. The predicted octanol–water partition coefficient (Wildman–Crippen LogP) is 3.11. The zero-order chi connectivity index (χ0) is 27.3. The van der Waals surface area contributed by atoms with Gasteiger partial charge in [-0.05, 0) is 29.5 Å². The fourth-order valence-corrected chi connectivity index (χ4v) is 3.76. The Bertz CT molecular complexity index is 1220. The number of rotatable bonds is 13. The SMILES string of the molecule is O=C(NC(Cc1ccc([N+](=O)[O-])cc1)C(=O)NC(CCc1ccccc1)C(=O)CO)OCc1ccccc1. The number of carbonyl (C=O) groups is 3. The summed E-state index contributed by atoms with van der Waals surface area (Å²) in [5.74, 6) is -1.21. The van der Waals surface area contributed by atoms with Crippen molar-refractivity contribution in [3.63, 3.8) is 0 Å². The number of carbonyl (C=O) groups excluding carboxylic acids is 3. The van der Waals surface area contributed by atoms with E-state index in [9.17, 15) is 29.6 Å². The summed E-state index contributed by atoms with van der Waals surface area (Å²) < 4.78 is 5.25. The first kappa shape index (κ1) is 28.0. The highest BCUT2D eigenvalue weighted by Gasteiger charge is 2.27. The second-order valence-electron chi connectivity index (χ2n) is 8.60. The van der Waals surface area contributed by atoms with Gasteiger partial charge in [0, 0.05) is 18.6 Å². The molecule has 0 radical (unpaired) electrons. The first-order valence-corrected chi connectivity index (χ1v) is 12.0. The van der Waals surface area contributed by atoms with E-state index in [4.69, 9.17) is 4.74 Å². The molecule has 2 atom stereocenters. The smallest absolute Gasteiger partial charge is 0.408 e. The third-order valence-electron chi connectivity index (χ3n) is 5.83. The monoisotopic (exact) mass is 519 g/mol. The molecule has 3 aromatic carbocycles. The maximum Gasteiger partial charge on any atom is 0.408 e. The number of nitro benzene ring substituents is 1. The molecule has 198 valence electrons. The molecule has 0 heterocycles. The van der Waals surface area contributed by atoms with Crippen molar-refractivity contribution < 1.29 is 29.2 Å². The Hall–Kier alpha value is -4.57. The molecule has 0 saturated heterocycles. The highest BCUT2D eigenvalue weighted by Crippen LogP contribution is 2.14. The van der Waals surface area contributed by atoms with E-state index in [2.05, 4.69) is 10.6 Å². The average Bonchev–Trinajstić information content (AvgIpc) is 2.94. The van der Waals surface area contributed by atoms with Gasteiger partial charge in [0.1, 0.15) is 19.3 Å². The van der Waals surface area contributed by atoms with Gasteiger partial charge in [-0.2, -0.15) is 0 Å². The number of Topliss-reactive ketones (excluding diaryl/α,β-unsaturated/α-hetero) is 1. The Balaban J connectivity index is 1.72. The van der Waals surface area contributed by atoms with E-state index in [1.165, 1.54) is 24.3 Å². The molecule has 0 fully saturated rings. The molecule has 0 bridgehead atoms. The number of aliphatic hydroxyl groups is 1. The van der Waals surface area contributed by atoms with Crippen LogP contribution in [0, 0.1) is 10.1 Å². The molecule has 3 N–H and O–H groups in total. The van der Waals surface area contributed by atoms with Crippen LogP contribution in [0.4, 0.5) is 10.5 Å². The molecule has 0 aliphatic rings. The normalized spacial score (nSPS) is 12.1. The van der Waals surface area contributed by atoms with E-state index in [0.29, 0.717) is 12.0 Å². The fourth-order valence-electron chi connectivity index (χ4n) is 3.76. The van der Waals surface area contributed by atoms with E-state index >= 15 is 0 Å². The van der Waals surface area contributed by atoms with Gasteiger partial charge in [0.2, 0.25) is 5.91 Å². The molecule has 10 nitrogen and oxygen atoms in total. The zero-order valence-corrected chi connectivity index (χ0v) is 20.6. The van der Waals surface area contributed by atoms with Gasteiger partial charge >= 0.3 is 6.09 Å². The van der Waals surface area contributed by atoms with Crippen LogP contribution < -0.4 is 10.6 Å². The minimum atomic E-state index is -1.15. The number of ketones is 1. The minimum Gasteiger partial charge on any atom is -0.445 e. The number of nitrogens with one attached hydrogen (secondary N) is 2. The number of benzene rings is 3. The number of aliphatic hydroxyl groups excluding tert-OH is 1.